The molecule has 0 fully saturated rings. The molecular weight excluding hydrogens is 344 g/mol. The Kier molecular flexibility index (Phi) is 4.22. The molecule has 0 radical (unpaired) electrons. The number of pyridine rings is 2. The second-order valence-corrected chi connectivity index (χ2v) is 6.76. The van der Waals surface area contributed by atoms with Gasteiger partial charge in [0.2, 0.25) is 5.88 Å². The molecule has 4 heterocycles. The Balaban J connectivity index is 1.62. The van der Waals surface area contributed by atoms with Crippen LogP contribution >= 0.6 is 0 Å². The van der Waals surface area contributed by atoms with Gasteiger partial charge in [0.15, 0.2) is 22.3 Å². The van der Waals surface area contributed by atoms with Crippen LogP contribution in [0.4, 0.5) is 0 Å². The van der Waals surface area contributed by atoms with E-state index in [-0.39, 0.29) is 5.75 Å². The Labute approximate surface area is 146 Å². The zero-order valence-corrected chi connectivity index (χ0v) is 14.3. The lowest BCUT2D eigenvalue weighted by Crippen LogP contribution is -2.04. The predicted molar refractivity (Wildman–Crippen MR) is 90.4 cm³/mol. The summed E-state index contributed by atoms with van der Waals surface area (Å²) in [6.07, 6.45) is 2.43. The van der Waals surface area contributed by atoms with Gasteiger partial charge >= 0.3 is 0 Å². The van der Waals surface area contributed by atoms with Crippen molar-refractivity contribution < 1.29 is 18.4 Å². The highest BCUT2D eigenvalue weighted by Crippen LogP contribution is 2.33. The minimum atomic E-state index is -1.42. The molecule has 9 heteroatoms. The number of H-pyrrole nitrogens is 1. The van der Waals surface area contributed by atoms with Gasteiger partial charge in [0.25, 0.3) is 0 Å². The van der Waals surface area contributed by atoms with Crippen molar-refractivity contribution in [3.05, 3.63) is 30.1 Å². The molecule has 1 unspecified atom stereocenters. The number of hydrogen-bond acceptors (Lipinski definition) is 7. The van der Waals surface area contributed by atoms with Gasteiger partial charge in [-0.15, -0.1) is 0 Å². The summed E-state index contributed by atoms with van der Waals surface area (Å²) in [5, 5.41) is 0.338. The number of imidazole rings is 1. The van der Waals surface area contributed by atoms with E-state index in [9.17, 15) is 4.21 Å². The van der Waals surface area contributed by atoms with Gasteiger partial charge in [-0.1, -0.05) is 0 Å². The van der Waals surface area contributed by atoms with Crippen molar-refractivity contribution in [3.8, 4) is 17.4 Å². The summed E-state index contributed by atoms with van der Waals surface area (Å²) in [4.78, 5) is 15.9. The Hall–Kier alpha value is -2.68. The zero-order valence-electron chi connectivity index (χ0n) is 13.5. The number of nitrogens with one attached hydrogen (secondary N) is 1. The van der Waals surface area contributed by atoms with Crippen molar-refractivity contribution in [1.82, 2.24) is 19.9 Å². The van der Waals surface area contributed by atoms with E-state index >= 15 is 0 Å². The summed E-state index contributed by atoms with van der Waals surface area (Å²) in [6.45, 7) is 1.14. The summed E-state index contributed by atoms with van der Waals surface area (Å²) in [6, 6.07) is 5.26. The lowest BCUT2D eigenvalue weighted by Gasteiger charge is -2.10. The summed E-state index contributed by atoms with van der Waals surface area (Å²) in [7, 11) is 0.112. The van der Waals surface area contributed by atoms with Crippen LogP contribution in [0.3, 0.4) is 0 Å². The summed E-state index contributed by atoms with van der Waals surface area (Å²) >= 11 is 0. The van der Waals surface area contributed by atoms with Crippen molar-refractivity contribution in [2.75, 3.05) is 20.3 Å². The molecule has 0 amide bonds. The standard InChI is InChI=1S/C16H16N4O4S/c1-22-13-4-3-10-15(19-13)20-16(18-10)25(21)9-11-14-12(5-6-17-11)23-7-2-8-24-14/h3-6H,2,7-9H2,1H3,(H,18,19,20). The van der Waals surface area contributed by atoms with E-state index in [1.165, 1.54) is 7.11 Å². The molecule has 130 valence electrons. The average Bonchev–Trinajstić information content (AvgIpc) is 2.91. The zero-order chi connectivity index (χ0) is 17.2. The largest absolute Gasteiger partial charge is 0.489 e. The molecule has 25 heavy (non-hydrogen) atoms. The molecule has 1 aliphatic heterocycles. The number of fused-ring (bicyclic) bond motifs is 2. The molecule has 0 aromatic carbocycles. The number of rotatable bonds is 4. The van der Waals surface area contributed by atoms with E-state index in [2.05, 4.69) is 19.9 Å². The van der Waals surface area contributed by atoms with Gasteiger partial charge in [0.1, 0.15) is 0 Å². The monoisotopic (exact) mass is 360 g/mol. The van der Waals surface area contributed by atoms with Crippen LogP contribution in [0.2, 0.25) is 0 Å². The first-order valence-corrected chi connectivity index (χ1v) is 9.09. The van der Waals surface area contributed by atoms with Crippen LogP contribution in [0.5, 0.6) is 17.4 Å². The molecule has 0 aliphatic carbocycles. The van der Waals surface area contributed by atoms with E-state index in [1.54, 1.807) is 24.4 Å². The summed E-state index contributed by atoms with van der Waals surface area (Å²) in [5.41, 5.74) is 1.74. The predicted octanol–water partition coefficient (Wildman–Crippen LogP) is 1.83. The van der Waals surface area contributed by atoms with Gasteiger partial charge in [-0.25, -0.2) is 4.98 Å². The van der Waals surface area contributed by atoms with Gasteiger partial charge in [-0.05, 0) is 6.07 Å². The van der Waals surface area contributed by atoms with Crippen LogP contribution in [0.15, 0.2) is 29.6 Å². The molecule has 0 saturated heterocycles. The quantitative estimate of drug-likeness (QED) is 0.758. The van der Waals surface area contributed by atoms with E-state index < -0.39 is 10.8 Å². The maximum Gasteiger partial charge on any atom is 0.215 e. The molecule has 0 spiro atoms. The van der Waals surface area contributed by atoms with Crippen LogP contribution in [0.25, 0.3) is 11.2 Å². The fourth-order valence-corrected chi connectivity index (χ4v) is 3.53. The normalized spacial score (nSPS) is 14.9. The molecule has 0 saturated carbocycles. The van der Waals surface area contributed by atoms with Crippen molar-refractivity contribution >= 4 is 22.0 Å². The average molecular weight is 360 g/mol. The lowest BCUT2D eigenvalue weighted by molar-refractivity contribution is 0.296. The van der Waals surface area contributed by atoms with Crippen LogP contribution in [0.1, 0.15) is 12.1 Å². The van der Waals surface area contributed by atoms with Crippen molar-refractivity contribution in [1.29, 1.82) is 0 Å². The Morgan fingerprint density at radius 1 is 1.24 bits per heavy atom. The van der Waals surface area contributed by atoms with E-state index in [1.807, 2.05) is 0 Å². The molecule has 1 N–H and O–H groups in total. The Morgan fingerprint density at radius 3 is 3.00 bits per heavy atom. The molecule has 1 aliphatic rings. The second kappa shape index (κ2) is 6.67. The SMILES string of the molecule is COc1ccc2[nH]c(S(=O)Cc3nccc4c3OCCCO4)nc2n1. The number of methoxy groups -OCH3 is 1. The minimum absolute atomic E-state index is 0.170. The fraction of sp³-hybridized carbons (Fsp3) is 0.312. The van der Waals surface area contributed by atoms with Crippen molar-refractivity contribution in [3.63, 3.8) is 0 Å². The molecule has 3 aromatic rings. The van der Waals surface area contributed by atoms with Gasteiger partial charge in [-0.3, -0.25) is 9.19 Å². The molecular formula is C16H16N4O4S. The fourth-order valence-electron chi connectivity index (χ4n) is 2.52. The molecule has 4 rings (SSSR count). The number of ether oxygens (including phenoxy) is 3. The molecule has 8 nitrogen and oxygen atoms in total. The highest BCUT2D eigenvalue weighted by molar-refractivity contribution is 7.84. The highest BCUT2D eigenvalue weighted by atomic mass is 32.2. The van der Waals surface area contributed by atoms with Gasteiger partial charge in [0, 0.05) is 24.8 Å². The second-order valence-electron chi connectivity index (χ2n) is 5.39. The van der Waals surface area contributed by atoms with Gasteiger partial charge < -0.3 is 19.2 Å². The van der Waals surface area contributed by atoms with Gasteiger partial charge in [-0.2, -0.15) is 4.98 Å². The summed E-state index contributed by atoms with van der Waals surface area (Å²) in [5.74, 6) is 1.82. The van der Waals surface area contributed by atoms with E-state index in [0.717, 1.165) is 6.42 Å². The molecule has 1 atom stereocenters. The number of aromatic amines is 1. The first kappa shape index (κ1) is 15.8. The molecule has 3 aromatic heterocycles. The number of aromatic nitrogens is 4. The maximum absolute atomic E-state index is 12.7. The Morgan fingerprint density at radius 2 is 2.12 bits per heavy atom. The minimum Gasteiger partial charge on any atom is -0.489 e. The highest BCUT2D eigenvalue weighted by Gasteiger charge is 2.20. The first-order valence-electron chi connectivity index (χ1n) is 7.77. The first-order chi connectivity index (χ1) is 12.2. The van der Waals surface area contributed by atoms with E-state index in [4.69, 9.17) is 14.2 Å². The lowest BCUT2D eigenvalue weighted by atomic mass is 10.3. The smallest absolute Gasteiger partial charge is 0.215 e. The third kappa shape index (κ3) is 3.14. The summed E-state index contributed by atoms with van der Waals surface area (Å²) < 4.78 is 29.2. The van der Waals surface area contributed by atoms with Crippen LogP contribution in [-0.4, -0.2) is 44.5 Å². The third-order valence-corrected chi connectivity index (χ3v) is 4.89. The molecule has 0 bridgehead atoms. The van der Waals surface area contributed by atoms with Gasteiger partial charge in [0.05, 0.1) is 48.1 Å². The number of nitrogens with zero attached hydrogens (tertiary/aromatic N) is 3. The third-order valence-electron chi connectivity index (χ3n) is 3.73. The van der Waals surface area contributed by atoms with Crippen LogP contribution in [0, 0.1) is 0 Å². The van der Waals surface area contributed by atoms with Crippen LogP contribution < -0.4 is 14.2 Å². The van der Waals surface area contributed by atoms with E-state index in [0.29, 0.717) is 52.6 Å². The maximum atomic E-state index is 12.7. The number of hydrogen-bond donors (Lipinski definition) is 1. The van der Waals surface area contributed by atoms with Crippen molar-refractivity contribution in [2.45, 2.75) is 17.3 Å². The topological polar surface area (TPSA) is 99.2 Å². The van der Waals surface area contributed by atoms with Crippen LogP contribution in [-0.2, 0) is 16.6 Å². The van der Waals surface area contributed by atoms with Crippen molar-refractivity contribution in [2.24, 2.45) is 0 Å². The Bertz CT molecular complexity index is 943.